The maximum atomic E-state index is 9.75. The second-order valence-corrected chi connectivity index (χ2v) is 9.23. The minimum Gasteiger partial charge on any atom is -0.179 e. The molecule has 4 aromatic rings. The summed E-state index contributed by atoms with van der Waals surface area (Å²) < 4.78 is 19.5. The van der Waals surface area contributed by atoms with E-state index < -0.39 is 20.2 Å². The summed E-state index contributed by atoms with van der Waals surface area (Å²) in [4.78, 5) is 0. The summed E-state index contributed by atoms with van der Waals surface area (Å²) in [6.45, 7) is 4.59. The molecular weight excluding hydrogens is 405 g/mol. The van der Waals surface area contributed by atoms with Crippen molar-refractivity contribution in [3.05, 3.63) is 96.1 Å². The molecular formula is C24H21F2PTi-2. The summed E-state index contributed by atoms with van der Waals surface area (Å²) >= 11 is -2.50. The predicted octanol–water partition coefficient (Wildman–Crippen LogP) is 6.82. The minimum absolute atomic E-state index is 0.0576. The first-order valence-electron chi connectivity index (χ1n) is 9.01. The van der Waals surface area contributed by atoms with Crippen molar-refractivity contribution in [3.63, 3.8) is 0 Å². The van der Waals surface area contributed by atoms with Crippen LogP contribution >= 0.6 is 7.92 Å². The summed E-state index contributed by atoms with van der Waals surface area (Å²) in [6, 6.07) is 31.3. The van der Waals surface area contributed by atoms with Crippen LogP contribution in [-0.4, -0.2) is 13.3 Å². The molecule has 0 amide bonds. The van der Waals surface area contributed by atoms with Crippen LogP contribution < -0.4 is 5.30 Å². The van der Waals surface area contributed by atoms with Gasteiger partial charge < -0.3 is 0 Å². The van der Waals surface area contributed by atoms with Crippen LogP contribution in [0.3, 0.4) is 0 Å². The van der Waals surface area contributed by atoms with Crippen LogP contribution in [0.4, 0.5) is 6.18 Å². The molecule has 0 N–H and O–H groups in total. The molecule has 0 aliphatic heterocycles. The van der Waals surface area contributed by atoms with Gasteiger partial charge in [-0.1, -0.05) is 41.5 Å². The second kappa shape index (κ2) is 10.2. The Kier molecular flexibility index (Phi) is 7.62. The normalized spacial score (nSPS) is 11.0. The van der Waals surface area contributed by atoms with Crippen molar-refractivity contribution in [2.75, 3.05) is 13.3 Å². The Bertz CT molecular complexity index is 963. The predicted molar refractivity (Wildman–Crippen MR) is 114 cm³/mol. The minimum atomic E-state index is -2.50. The van der Waals surface area contributed by atoms with Crippen molar-refractivity contribution in [2.24, 2.45) is 0 Å². The first-order valence-corrected chi connectivity index (χ1v) is 12.4. The first-order chi connectivity index (χ1) is 13.6. The first kappa shape index (κ1) is 21.0. The van der Waals surface area contributed by atoms with Gasteiger partial charge in [-0.2, -0.15) is 35.9 Å². The van der Waals surface area contributed by atoms with Gasteiger partial charge in [-0.3, -0.25) is 0 Å². The summed E-state index contributed by atoms with van der Waals surface area (Å²) in [6.07, 6.45) is 1.05. The quantitative estimate of drug-likeness (QED) is 0.157. The number of benzene rings is 3. The SMILES string of the molecule is CP(C)c1cc2ccccc2[cH-]1.[F][Ti][F].[c-]1cccc2c1Cc1ccccc1-2. The average molecular weight is 426 g/mol. The maximum Gasteiger partial charge on any atom is -0.0253 e. The van der Waals surface area contributed by atoms with Crippen LogP contribution in [0.25, 0.3) is 21.9 Å². The molecule has 4 aromatic carbocycles. The zero-order valence-corrected chi connectivity index (χ0v) is 18.4. The molecule has 0 heterocycles. The van der Waals surface area contributed by atoms with Crippen LogP contribution in [0.5, 0.6) is 0 Å². The van der Waals surface area contributed by atoms with Crippen molar-refractivity contribution in [1.82, 2.24) is 0 Å². The van der Waals surface area contributed by atoms with Crippen molar-refractivity contribution < 1.29 is 26.4 Å². The third-order valence-corrected chi connectivity index (χ3v) is 6.03. The van der Waals surface area contributed by atoms with Crippen LogP contribution in [0.15, 0.2) is 78.9 Å². The number of halogens is 2. The van der Waals surface area contributed by atoms with Gasteiger partial charge in [0.15, 0.2) is 0 Å². The molecule has 0 atom stereocenters. The average Bonchev–Trinajstić information content (AvgIpc) is 3.31. The van der Waals surface area contributed by atoms with E-state index in [1.165, 1.54) is 38.3 Å². The van der Waals surface area contributed by atoms with Crippen molar-refractivity contribution in [1.29, 1.82) is 0 Å². The molecule has 0 bridgehead atoms. The molecule has 1 aliphatic rings. The van der Waals surface area contributed by atoms with E-state index in [2.05, 4.69) is 92.2 Å². The van der Waals surface area contributed by atoms with Crippen LogP contribution in [0, 0.1) is 6.07 Å². The Labute approximate surface area is 177 Å². The van der Waals surface area contributed by atoms with Crippen LogP contribution in [-0.2, 0) is 26.6 Å². The van der Waals surface area contributed by atoms with Gasteiger partial charge in [-0.05, 0) is 19.8 Å². The van der Waals surface area contributed by atoms with Crippen molar-refractivity contribution in [2.45, 2.75) is 6.42 Å². The summed E-state index contributed by atoms with van der Waals surface area (Å²) in [7, 11) is 0.0576. The van der Waals surface area contributed by atoms with E-state index in [-0.39, 0.29) is 7.92 Å². The maximum absolute atomic E-state index is 9.75. The molecule has 28 heavy (non-hydrogen) atoms. The van der Waals surface area contributed by atoms with Gasteiger partial charge in [-0.25, -0.2) is 0 Å². The molecule has 0 saturated carbocycles. The monoisotopic (exact) mass is 426 g/mol. The van der Waals surface area contributed by atoms with Crippen molar-refractivity contribution >= 4 is 24.0 Å². The van der Waals surface area contributed by atoms with Gasteiger partial charge >= 0.3 is 26.4 Å². The third-order valence-electron chi connectivity index (χ3n) is 4.74. The molecule has 142 valence electrons. The van der Waals surface area contributed by atoms with Gasteiger partial charge in [0.1, 0.15) is 0 Å². The largest absolute Gasteiger partial charge is 0.179 e. The molecule has 0 radical (unpaired) electrons. The van der Waals surface area contributed by atoms with Gasteiger partial charge in [-0.15, -0.1) is 53.8 Å². The smallest absolute Gasteiger partial charge is 0.0253 e. The zero-order valence-electron chi connectivity index (χ0n) is 15.9. The Morgan fingerprint density at radius 2 is 1.61 bits per heavy atom. The van der Waals surface area contributed by atoms with Gasteiger partial charge in [0.25, 0.3) is 0 Å². The molecule has 4 heteroatoms. The third kappa shape index (κ3) is 5.00. The second-order valence-electron chi connectivity index (χ2n) is 6.70. The van der Waals surface area contributed by atoms with Gasteiger partial charge in [0, 0.05) is 0 Å². The zero-order chi connectivity index (χ0) is 19.9. The Balaban J connectivity index is 0.000000142. The molecule has 0 saturated heterocycles. The number of rotatable bonds is 1. The number of hydrogen-bond acceptors (Lipinski definition) is 0. The van der Waals surface area contributed by atoms with E-state index in [1.54, 1.807) is 0 Å². The molecule has 0 nitrogen and oxygen atoms in total. The molecule has 1 aliphatic carbocycles. The van der Waals surface area contributed by atoms with Gasteiger partial charge in [0.05, 0.1) is 0 Å². The van der Waals surface area contributed by atoms with E-state index in [1.807, 2.05) is 6.07 Å². The standard InChI is InChI=1S/C13H9.C11H12P.2FH.Ti/c1-3-7-12-10(5-1)9-11-6-2-4-8-13(11)12;1-12(2)11-7-9-5-3-4-6-10(9)8-11;;;/h1-5,7-8H,9H2;3-8H,1-2H3;2*1H;/q2*-1;;;+2/p-2. The van der Waals surface area contributed by atoms with E-state index in [4.69, 9.17) is 0 Å². The number of fused-ring (bicyclic) bond motifs is 4. The molecule has 0 spiro atoms. The molecule has 0 aromatic heterocycles. The molecule has 0 unspecified atom stereocenters. The van der Waals surface area contributed by atoms with E-state index in [0.29, 0.717) is 0 Å². The Morgan fingerprint density at radius 1 is 0.929 bits per heavy atom. The summed E-state index contributed by atoms with van der Waals surface area (Å²) in [5, 5.41) is 4.26. The van der Waals surface area contributed by atoms with E-state index in [9.17, 15) is 6.18 Å². The van der Waals surface area contributed by atoms with Crippen LogP contribution in [0.1, 0.15) is 11.1 Å². The summed E-state index contributed by atoms with van der Waals surface area (Å²) in [5.41, 5.74) is 5.51. The summed E-state index contributed by atoms with van der Waals surface area (Å²) in [5.74, 6) is 0. The fourth-order valence-corrected chi connectivity index (χ4v) is 4.18. The van der Waals surface area contributed by atoms with E-state index >= 15 is 0 Å². The molecule has 0 fully saturated rings. The fourth-order valence-electron chi connectivity index (χ4n) is 3.39. The Hall–Kier alpha value is -1.73. The van der Waals surface area contributed by atoms with Gasteiger partial charge in [0.2, 0.25) is 0 Å². The topological polar surface area (TPSA) is 0 Å². The Morgan fingerprint density at radius 3 is 2.36 bits per heavy atom. The van der Waals surface area contributed by atoms with Crippen molar-refractivity contribution in [3.8, 4) is 11.1 Å². The fraction of sp³-hybridized carbons (Fsp3) is 0.125. The molecule has 5 rings (SSSR count). The van der Waals surface area contributed by atoms with Crippen LogP contribution in [0.2, 0.25) is 0 Å². The van der Waals surface area contributed by atoms with E-state index in [0.717, 1.165) is 6.42 Å². The number of hydrogen-bond donors (Lipinski definition) is 0.